The van der Waals surface area contributed by atoms with Crippen LogP contribution in [0.1, 0.15) is 31.7 Å². The van der Waals surface area contributed by atoms with Crippen LogP contribution in [0.4, 0.5) is 0 Å². The Kier molecular flexibility index (Phi) is 5.33. The van der Waals surface area contributed by atoms with Gasteiger partial charge in [0.25, 0.3) is 0 Å². The lowest BCUT2D eigenvalue weighted by molar-refractivity contribution is 0.388. The van der Waals surface area contributed by atoms with Crippen molar-refractivity contribution in [3.05, 3.63) is 29.8 Å². The first kappa shape index (κ1) is 13.0. The van der Waals surface area contributed by atoms with Gasteiger partial charge in [0.2, 0.25) is 0 Å². The molecule has 0 aliphatic rings. The Hall–Kier alpha value is -1.02. The Bertz CT molecular complexity index is 309. The van der Waals surface area contributed by atoms with E-state index in [0.717, 1.165) is 18.7 Å². The summed E-state index contributed by atoms with van der Waals surface area (Å²) in [6.07, 6.45) is 1.15. The van der Waals surface area contributed by atoms with E-state index >= 15 is 0 Å². The van der Waals surface area contributed by atoms with Gasteiger partial charge in [-0.25, -0.2) is 0 Å². The molecule has 1 aromatic rings. The molecule has 16 heavy (non-hydrogen) atoms. The second-order valence-corrected chi connectivity index (χ2v) is 4.48. The fourth-order valence-electron chi connectivity index (χ4n) is 2.12. The van der Waals surface area contributed by atoms with Gasteiger partial charge in [0, 0.05) is 0 Å². The van der Waals surface area contributed by atoms with Crippen LogP contribution in [0.25, 0.3) is 0 Å². The van der Waals surface area contributed by atoms with Crippen molar-refractivity contribution in [1.29, 1.82) is 0 Å². The number of methoxy groups -OCH3 is 1. The summed E-state index contributed by atoms with van der Waals surface area (Å²) in [5.74, 6) is 2.20. The molecule has 2 heteroatoms. The van der Waals surface area contributed by atoms with Crippen LogP contribution in [0.2, 0.25) is 0 Å². The molecule has 0 saturated carbocycles. The minimum atomic E-state index is 0.559. The second kappa shape index (κ2) is 6.54. The molecule has 0 aliphatic carbocycles. The van der Waals surface area contributed by atoms with Crippen molar-refractivity contribution >= 4 is 0 Å². The number of nitrogens with one attached hydrogen (secondary N) is 1. The maximum Gasteiger partial charge on any atom is 0.122 e. The van der Waals surface area contributed by atoms with Gasteiger partial charge in [-0.1, -0.05) is 32.0 Å². The van der Waals surface area contributed by atoms with Crippen LogP contribution in [-0.2, 0) is 0 Å². The highest BCUT2D eigenvalue weighted by Gasteiger charge is 2.18. The first-order chi connectivity index (χ1) is 7.70. The molecule has 0 saturated heterocycles. The lowest BCUT2D eigenvalue weighted by Crippen LogP contribution is -2.16. The van der Waals surface area contributed by atoms with Gasteiger partial charge in [-0.2, -0.15) is 0 Å². The molecule has 2 nitrogen and oxygen atoms in total. The number of para-hydroxylation sites is 1. The maximum atomic E-state index is 5.44. The number of hydrogen-bond acceptors (Lipinski definition) is 2. The molecule has 0 amide bonds. The van der Waals surface area contributed by atoms with E-state index in [4.69, 9.17) is 4.74 Å². The summed E-state index contributed by atoms with van der Waals surface area (Å²) in [5.41, 5.74) is 1.33. The number of benzene rings is 1. The number of hydrogen-bond donors (Lipinski definition) is 1. The van der Waals surface area contributed by atoms with E-state index in [0.29, 0.717) is 11.8 Å². The molecule has 1 rings (SSSR count). The zero-order valence-electron chi connectivity index (χ0n) is 10.8. The van der Waals surface area contributed by atoms with Crippen LogP contribution in [0.15, 0.2) is 24.3 Å². The van der Waals surface area contributed by atoms with Crippen LogP contribution in [-0.4, -0.2) is 20.7 Å². The molecule has 1 atom stereocenters. The van der Waals surface area contributed by atoms with Gasteiger partial charge in [-0.15, -0.1) is 0 Å². The smallest absolute Gasteiger partial charge is 0.122 e. The van der Waals surface area contributed by atoms with E-state index in [-0.39, 0.29) is 0 Å². The van der Waals surface area contributed by atoms with E-state index in [2.05, 4.69) is 31.3 Å². The summed E-state index contributed by atoms with van der Waals surface area (Å²) in [6.45, 7) is 5.58. The molecule has 0 radical (unpaired) electrons. The molecular weight excluding hydrogens is 198 g/mol. The monoisotopic (exact) mass is 221 g/mol. The van der Waals surface area contributed by atoms with Crippen molar-refractivity contribution < 1.29 is 4.74 Å². The summed E-state index contributed by atoms with van der Waals surface area (Å²) in [4.78, 5) is 0. The van der Waals surface area contributed by atoms with Gasteiger partial charge in [0.05, 0.1) is 7.11 Å². The van der Waals surface area contributed by atoms with Crippen LogP contribution in [0, 0.1) is 5.92 Å². The fraction of sp³-hybridized carbons (Fsp3) is 0.571. The molecule has 90 valence electrons. The molecule has 0 bridgehead atoms. The molecule has 0 spiro atoms. The average molecular weight is 221 g/mol. The van der Waals surface area contributed by atoms with Crippen molar-refractivity contribution in [2.75, 3.05) is 20.7 Å². The summed E-state index contributed by atoms with van der Waals surface area (Å²) < 4.78 is 5.44. The van der Waals surface area contributed by atoms with Crippen molar-refractivity contribution in [3.8, 4) is 5.75 Å². The van der Waals surface area contributed by atoms with Crippen LogP contribution in [0.3, 0.4) is 0 Å². The van der Waals surface area contributed by atoms with Crippen LogP contribution < -0.4 is 10.1 Å². The lowest BCUT2D eigenvalue weighted by atomic mass is 9.85. The van der Waals surface area contributed by atoms with Crippen molar-refractivity contribution in [2.24, 2.45) is 5.92 Å². The third-order valence-electron chi connectivity index (χ3n) is 3.05. The van der Waals surface area contributed by atoms with Gasteiger partial charge in [0.15, 0.2) is 0 Å². The first-order valence-electron chi connectivity index (χ1n) is 5.98. The third kappa shape index (κ3) is 3.24. The van der Waals surface area contributed by atoms with E-state index in [1.807, 2.05) is 19.2 Å². The quantitative estimate of drug-likeness (QED) is 0.797. The van der Waals surface area contributed by atoms with Crippen LogP contribution >= 0.6 is 0 Å². The molecule has 0 fully saturated rings. The maximum absolute atomic E-state index is 5.44. The standard InChI is InChI=1S/C14H23NO/c1-11(2)12(9-10-15-3)13-7-5-6-8-14(13)16-4/h5-8,11-12,15H,9-10H2,1-4H3. The highest BCUT2D eigenvalue weighted by Crippen LogP contribution is 2.33. The minimum absolute atomic E-state index is 0.559. The molecule has 0 aliphatic heterocycles. The Balaban J connectivity index is 2.91. The predicted molar refractivity (Wildman–Crippen MR) is 69.1 cm³/mol. The number of ether oxygens (including phenoxy) is 1. The minimum Gasteiger partial charge on any atom is -0.496 e. The topological polar surface area (TPSA) is 21.3 Å². The van der Waals surface area contributed by atoms with Gasteiger partial charge in [0.1, 0.15) is 5.75 Å². The molecular formula is C14H23NO. The summed E-state index contributed by atoms with van der Waals surface area (Å²) in [7, 11) is 3.74. The Morgan fingerprint density at radius 2 is 1.94 bits per heavy atom. The second-order valence-electron chi connectivity index (χ2n) is 4.48. The summed E-state index contributed by atoms with van der Waals surface area (Å²) in [6, 6.07) is 8.34. The largest absolute Gasteiger partial charge is 0.496 e. The zero-order valence-corrected chi connectivity index (χ0v) is 10.8. The Morgan fingerprint density at radius 1 is 1.25 bits per heavy atom. The number of rotatable bonds is 6. The van der Waals surface area contributed by atoms with Gasteiger partial charge >= 0.3 is 0 Å². The average Bonchev–Trinajstić information content (AvgIpc) is 2.29. The molecule has 1 N–H and O–H groups in total. The highest BCUT2D eigenvalue weighted by molar-refractivity contribution is 5.36. The van der Waals surface area contributed by atoms with E-state index in [1.54, 1.807) is 7.11 Å². The van der Waals surface area contributed by atoms with Gasteiger partial charge < -0.3 is 10.1 Å². The summed E-state index contributed by atoms with van der Waals surface area (Å²) >= 11 is 0. The summed E-state index contributed by atoms with van der Waals surface area (Å²) in [5, 5.41) is 3.22. The third-order valence-corrected chi connectivity index (χ3v) is 3.05. The van der Waals surface area contributed by atoms with E-state index < -0.39 is 0 Å². The van der Waals surface area contributed by atoms with E-state index in [9.17, 15) is 0 Å². The predicted octanol–water partition coefficient (Wildman–Crippen LogP) is 3.04. The molecule has 0 heterocycles. The lowest BCUT2D eigenvalue weighted by Gasteiger charge is -2.23. The van der Waals surface area contributed by atoms with Crippen molar-refractivity contribution in [3.63, 3.8) is 0 Å². The Labute approximate surface area is 99.0 Å². The van der Waals surface area contributed by atoms with Gasteiger partial charge in [-0.05, 0) is 43.5 Å². The SMILES string of the molecule is CNCCC(c1ccccc1OC)C(C)C. The van der Waals surface area contributed by atoms with E-state index in [1.165, 1.54) is 5.56 Å². The van der Waals surface area contributed by atoms with Crippen molar-refractivity contribution in [2.45, 2.75) is 26.2 Å². The zero-order chi connectivity index (χ0) is 12.0. The van der Waals surface area contributed by atoms with Gasteiger partial charge in [-0.3, -0.25) is 0 Å². The Morgan fingerprint density at radius 3 is 2.50 bits per heavy atom. The molecule has 0 aromatic heterocycles. The fourth-order valence-corrected chi connectivity index (χ4v) is 2.12. The van der Waals surface area contributed by atoms with Crippen LogP contribution in [0.5, 0.6) is 5.75 Å². The van der Waals surface area contributed by atoms with Crippen molar-refractivity contribution in [1.82, 2.24) is 5.32 Å². The first-order valence-corrected chi connectivity index (χ1v) is 5.98. The molecule has 1 unspecified atom stereocenters. The normalized spacial score (nSPS) is 12.8. The highest BCUT2D eigenvalue weighted by atomic mass is 16.5. The molecule has 1 aromatic carbocycles.